The van der Waals surface area contributed by atoms with Crippen LogP contribution in [-0.2, 0) is 0 Å². The standard InChI is InChI=1S/C13H10BrFN4O2/c14-9-3-2-8(5-10(9)15)18-13(20)11-4-1-7(6-17-11)12(16)19-21/h1-6,21H,(H2,16,19)(H,18,20). The minimum Gasteiger partial charge on any atom is -0.409 e. The summed E-state index contributed by atoms with van der Waals surface area (Å²) in [5, 5.41) is 13.9. The molecular formula is C13H10BrFN4O2. The number of anilines is 1. The number of rotatable bonds is 3. The Hall–Kier alpha value is -2.48. The number of benzene rings is 1. The van der Waals surface area contributed by atoms with Crippen LogP contribution in [0.4, 0.5) is 10.1 Å². The predicted octanol–water partition coefficient (Wildman–Crippen LogP) is 2.33. The lowest BCUT2D eigenvalue weighted by molar-refractivity contribution is 0.102. The summed E-state index contributed by atoms with van der Waals surface area (Å²) in [6, 6.07) is 7.12. The smallest absolute Gasteiger partial charge is 0.274 e. The highest BCUT2D eigenvalue weighted by atomic mass is 79.9. The fourth-order valence-electron chi connectivity index (χ4n) is 1.51. The molecule has 1 amide bonds. The van der Waals surface area contributed by atoms with E-state index in [0.29, 0.717) is 15.7 Å². The molecule has 0 saturated carbocycles. The van der Waals surface area contributed by atoms with Crippen molar-refractivity contribution in [3.05, 3.63) is 58.1 Å². The molecule has 2 rings (SSSR count). The Labute approximate surface area is 127 Å². The summed E-state index contributed by atoms with van der Waals surface area (Å²) in [5.41, 5.74) is 6.19. The Morgan fingerprint density at radius 2 is 2.14 bits per heavy atom. The first-order valence-electron chi connectivity index (χ1n) is 5.71. The van der Waals surface area contributed by atoms with Crippen molar-refractivity contribution in [2.75, 3.05) is 5.32 Å². The summed E-state index contributed by atoms with van der Waals surface area (Å²) < 4.78 is 13.7. The van der Waals surface area contributed by atoms with Gasteiger partial charge in [0.15, 0.2) is 5.84 Å². The van der Waals surface area contributed by atoms with Gasteiger partial charge in [-0.3, -0.25) is 9.78 Å². The Balaban J connectivity index is 2.14. The number of amides is 1. The SMILES string of the molecule is NC(=NO)c1ccc(C(=O)Nc2ccc(Br)c(F)c2)nc1. The number of pyridine rings is 1. The zero-order chi connectivity index (χ0) is 15.4. The summed E-state index contributed by atoms with van der Waals surface area (Å²) in [7, 11) is 0. The second-order valence-corrected chi connectivity index (χ2v) is 4.85. The van der Waals surface area contributed by atoms with Crippen LogP contribution in [0, 0.1) is 5.82 Å². The molecule has 0 radical (unpaired) electrons. The molecule has 108 valence electrons. The normalized spacial score (nSPS) is 11.2. The van der Waals surface area contributed by atoms with Crippen LogP contribution >= 0.6 is 15.9 Å². The van der Waals surface area contributed by atoms with E-state index in [4.69, 9.17) is 10.9 Å². The van der Waals surface area contributed by atoms with Crippen LogP contribution in [0.5, 0.6) is 0 Å². The third kappa shape index (κ3) is 3.54. The molecule has 0 aliphatic carbocycles. The van der Waals surface area contributed by atoms with Gasteiger partial charge in [0, 0.05) is 17.4 Å². The molecule has 0 fully saturated rings. The highest BCUT2D eigenvalue weighted by Crippen LogP contribution is 2.19. The maximum atomic E-state index is 13.3. The molecule has 0 bridgehead atoms. The van der Waals surface area contributed by atoms with Gasteiger partial charge in [0.2, 0.25) is 0 Å². The Morgan fingerprint density at radius 1 is 1.38 bits per heavy atom. The lowest BCUT2D eigenvalue weighted by Gasteiger charge is -2.06. The van der Waals surface area contributed by atoms with Gasteiger partial charge in [-0.15, -0.1) is 0 Å². The van der Waals surface area contributed by atoms with Crippen molar-refractivity contribution in [3.63, 3.8) is 0 Å². The van der Waals surface area contributed by atoms with Gasteiger partial charge in [-0.2, -0.15) is 0 Å². The maximum Gasteiger partial charge on any atom is 0.274 e. The average molecular weight is 353 g/mol. The number of hydrogen-bond donors (Lipinski definition) is 3. The molecule has 0 atom stereocenters. The minimum atomic E-state index is -0.497. The van der Waals surface area contributed by atoms with Crippen LogP contribution in [0.3, 0.4) is 0 Å². The molecule has 1 heterocycles. The van der Waals surface area contributed by atoms with E-state index in [2.05, 4.69) is 31.4 Å². The first kappa shape index (κ1) is 14.9. The first-order valence-corrected chi connectivity index (χ1v) is 6.51. The molecule has 0 unspecified atom stereocenters. The first-order chi connectivity index (χ1) is 10.0. The molecule has 2 aromatic rings. The van der Waals surface area contributed by atoms with Crippen molar-refractivity contribution in [2.24, 2.45) is 10.9 Å². The summed E-state index contributed by atoms with van der Waals surface area (Å²) in [6.07, 6.45) is 1.30. The van der Waals surface area contributed by atoms with Crippen LogP contribution in [-0.4, -0.2) is 21.9 Å². The van der Waals surface area contributed by atoms with Gasteiger partial charge in [0.05, 0.1) is 4.47 Å². The van der Waals surface area contributed by atoms with Gasteiger partial charge < -0.3 is 16.3 Å². The van der Waals surface area contributed by atoms with E-state index in [1.54, 1.807) is 6.07 Å². The van der Waals surface area contributed by atoms with Gasteiger partial charge in [0.1, 0.15) is 11.5 Å². The highest BCUT2D eigenvalue weighted by Gasteiger charge is 2.10. The summed E-state index contributed by atoms with van der Waals surface area (Å²) in [4.78, 5) is 15.8. The quantitative estimate of drug-likeness (QED) is 0.341. The average Bonchev–Trinajstić information content (AvgIpc) is 2.50. The molecule has 8 heteroatoms. The number of halogens is 2. The molecule has 21 heavy (non-hydrogen) atoms. The fraction of sp³-hybridized carbons (Fsp3) is 0. The number of nitrogens with two attached hydrogens (primary N) is 1. The molecular weight excluding hydrogens is 343 g/mol. The lowest BCUT2D eigenvalue weighted by Crippen LogP contribution is -2.16. The molecule has 0 aliphatic rings. The van der Waals surface area contributed by atoms with Crippen LogP contribution < -0.4 is 11.1 Å². The van der Waals surface area contributed by atoms with Crippen LogP contribution in [0.25, 0.3) is 0 Å². The van der Waals surface area contributed by atoms with Crippen LogP contribution in [0.15, 0.2) is 46.2 Å². The van der Waals surface area contributed by atoms with E-state index in [-0.39, 0.29) is 11.5 Å². The number of nitrogens with zero attached hydrogens (tertiary/aromatic N) is 2. The molecule has 6 nitrogen and oxygen atoms in total. The van der Waals surface area contributed by atoms with E-state index >= 15 is 0 Å². The van der Waals surface area contributed by atoms with E-state index in [1.807, 2.05) is 0 Å². The Bertz CT molecular complexity index is 704. The van der Waals surface area contributed by atoms with Crippen molar-refractivity contribution in [1.82, 2.24) is 4.98 Å². The zero-order valence-electron chi connectivity index (χ0n) is 10.5. The van der Waals surface area contributed by atoms with E-state index in [0.717, 1.165) is 0 Å². The third-order valence-corrected chi connectivity index (χ3v) is 3.22. The summed E-state index contributed by atoms with van der Waals surface area (Å²) in [6.45, 7) is 0. The van der Waals surface area contributed by atoms with E-state index < -0.39 is 11.7 Å². The molecule has 1 aromatic heterocycles. The van der Waals surface area contributed by atoms with Crippen molar-refractivity contribution >= 4 is 33.4 Å². The van der Waals surface area contributed by atoms with Crippen molar-refractivity contribution in [3.8, 4) is 0 Å². The fourth-order valence-corrected chi connectivity index (χ4v) is 1.75. The largest absolute Gasteiger partial charge is 0.409 e. The Kier molecular flexibility index (Phi) is 4.49. The number of oxime groups is 1. The minimum absolute atomic E-state index is 0.107. The van der Waals surface area contributed by atoms with Gasteiger partial charge in [-0.1, -0.05) is 5.16 Å². The van der Waals surface area contributed by atoms with Crippen molar-refractivity contribution in [1.29, 1.82) is 0 Å². The number of hydrogen-bond acceptors (Lipinski definition) is 4. The number of nitrogens with one attached hydrogen (secondary N) is 1. The van der Waals surface area contributed by atoms with Gasteiger partial charge >= 0.3 is 0 Å². The molecule has 0 spiro atoms. The molecule has 4 N–H and O–H groups in total. The van der Waals surface area contributed by atoms with Gasteiger partial charge in [-0.05, 0) is 46.3 Å². The van der Waals surface area contributed by atoms with Crippen molar-refractivity contribution < 1.29 is 14.4 Å². The van der Waals surface area contributed by atoms with Gasteiger partial charge in [-0.25, -0.2) is 4.39 Å². The topological polar surface area (TPSA) is 101 Å². The molecule has 0 aliphatic heterocycles. The van der Waals surface area contributed by atoms with E-state index in [9.17, 15) is 9.18 Å². The van der Waals surface area contributed by atoms with E-state index in [1.165, 1.54) is 30.5 Å². The summed E-state index contributed by atoms with van der Waals surface area (Å²) in [5.74, 6) is -1.09. The summed E-state index contributed by atoms with van der Waals surface area (Å²) >= 11 is 3.03. The monoisotopic (exact) mass is 352 g/mol. The van der Waals surface area contributed by atoms with Crippen LogP contribution in [0.2, 0.25) is 0 Å². The second-order valence-electron chi connectivity index (χ2n) is 4.00. The molecule has 1 aromatic carbocycles. The number of carbonyl (C=O) groups is 1. The number of carbonyl (C=O) groups excluding carboxylic acids is 1. The Morgan fingerprint density at radius 3 is 2.71 bits per heavy atom. The number of amidine groups is 1. The van der Waals surface area contributed by atoms with Gasteiger partial charge in [0.25, 0.3) is 5.91 Å². The highest BCUT2D eigenvalue weighted by molar-refractivity contribution is 9.10. The van der Waals surface area contributed by atoms with Crippen LogP contribution in [0.1, 0.15) is 16.1 Å². The maximum absolute atomic E-state index is 13.3. The van der Waals surface area contributed by atoms with Crippen molar-refractivity contribution in [2.45, 2.75) is 0 Å². The molecule has 0 saturated heterocycles. The predicted molar refractivity (Wildman–Crippen MR) is 78.8 cm³/mol. The third-order valence-electron chi connectivity index (χ3n) is 2.58. The number of aromatic nitrogens is 1. The lowest BCUT2D eigenvalue weighted by atomic mass is 10.2. The second kappa shape index (κ2) is 6.31. The zero-order valence-corrected chi connectivity index (χ0v) is 12.1.